The summed E-state index contributed by atoms with van der Waals surface area (Å²) in [6.07, 6.45) is 2.97. The lowest BCUT2D eigenvalue weighted by Gasteiger charge is -2.34. The predicted molar refractivity (Wildman–Crippen MR) is 111 cm³/mol. The van der Waals surface area contributed by atoms with Gasteiger partial charge in [-0.2, -0.15) is 0 Å². The zero-order valence-electron chi connectivity index (χ0n) is 15.4. The van der Waals surface area contributed by atoms with E-state index in [1.807, 2.05) is 17.0 Å². The number of benzene rings is 1. The molecule has 1 aliphatic heterocycles. The lowest BCUT2D eigenvalue weighted by atomic mass is 10.1. The molecule has 0 radical (unpaired) electrons. The van der Waals surface area contributed by atoms with Crippen LogP contribution in [0.5, 0.6) is 0 Å². The second-order valence-corrected chi connectivity index (χ2v) is 9.97. The Hall–Kier alpha value is -2.52. The summed E-state index contributed by atoms with van der Waals surface area (Å²) in [7, 11) is -3.08. The number of aromatic nitrogens is 2. The molecule has 9 heteroatoms. The van der Waals surface area contributed by atoms with Gasteiger partial charge in [0.05, 0.1) is 5.75 Å². The van der Waals surface area contributed by atoms with Crippen LogP contribution in [0.1, 0.15) is 15.9 Å². The molecule has 28 heavy (non-hydrogen) atoms. The maximum atomic E-state index is 12.7. The summed E-state index contributed by atoms with van der Waals surface area (Å²) in [4.78, 5) is 26.6. The van der Waals surface area contributed by atoms with E-state index >= 15 is 0 Å². The van der Waals surface area contributed by atoms with Crippen LogP contribution in [0.3, 0.4) is 0 Å². The Morgan fingerprint density at radius 1 is 1.11 bits per heavy atom. The molecule has 0 spiro atoms. The maximum Gasteiger partial charge on any atom is 0.253 e. The number of anilines is 1. The van der Waals surface area contributed by atoms with Crippen molar-refractivity contribution in [2.75, 3.05) is 37.3 Å². The van der Waals surface area contributed by atoms with E-state index in [1.165, 1.54) is 6.26 Å². The second-order valence-electron chi connectivity index (χ2n) is 6.87. The molecule has 3 heterocycles. The molecule has 0 atom stereocenters. The van der Waals surface area contributed by atoms with Crippen molar-refractivity contribution in [2.24, 2.45) is 0 Å². The van der Waals surface area contributed by atoms with Crippen LogP contribution in [0.15, 0.2) is 42.6 Å². The number of nitrogens with zero attached hydrogens (tertiary/aromatic N) is 4. The first-order chi connectivity index (χ1) is 13.4. The van der Waals surface area contributed by atoms with Crippen LogP contribution in [0, 0.1) is 0 Å². The zero-order valence-corrected chi connectivity index (χ0v) is 17.0. The van der Waals surface area contributed by atoms with Gasteiger partial charge < -0.3 is 9.80 Å². The van der Waals surface area contributed by atoms with Gasteiger partial charge in [-0.25, -0.2) is 18.4 Å². The molecule has 0 N–H and O–H groups in total. The van der Waals surface area contributed by atoms with Gasteiger partial charge in [0, 0.05) is 44.2 Å². The maximum absolute atomic E-state index is 12.7. The van der Waals surface area contributed by atoms with Crippen molar-refractivity contribution in [2.45, 2.75) is 5.75 Å². The summed E-state index contributed by atoms with van der Waals surface area (Å²) >= 11 is 1.57. The second kappa shape index (κ2) is 7.48. The summed E-state index contributed by atoms with van der Waals surface area (Å²) in [6.45, 7) is 2.68. The number of fused-ring (bicyclic) bond motifs is 1. The minimum Gasteiger partial charge on any atom is -0.344 e. The van der Waals surface area contributed by atoms with Crippen molar-refractivity contribution in [3.63, 3.8) is 0 Å². The Morgan fingerprint density at radius 3 is 2.46 bits per heavy atom. The van der Waals surface area contributed by atoms with Gasteiger partial charge in [0.1, 0.15) is 10.3 Å². The van der Waals surface area contributed by atoms with E-state index in [0.29, 0.717) is 24.2 Å². The number of sulfone groups is 1. The average Bonchev–Trinajstić information content (AvgIpc) is 3.11. The third-order valence-corrected chi connectivity index (χ3v) is 6.52. The summed E-state index contributed by atoms with van der Waals surface area (Å²) in [6, 6.07) is 10.7. The number of thiazole rings is 1. The normalized spacial score (nSPS) is 15.2. The SMILES string of the molecule is CS(=O)(=O)Cc1ccc(C(=O)N2CCN(c3nc4cccnc4s3)CC2)cc1. The van der Waals surface area contributed by atoms with Crippen molar-refractivity contribution in [1.82, 2.24) is 14.9 Å². The molecule has 1 saturated heterocycles. The molecule has 1 aromatic carbocycles. The minimum atomic E-state index is -3.08. The first-order valence-corrected chi connectivity index (χ1v) is 11.8. The quantitative estimate of drug-likeness (QED) is 0.648. The van der Waals surface area contributed by atoms with Crippen LogP contribution in [-0.2, 0) is 15.6 Å². The minimum absolute atomic E-state index is 0.0167. The van der Waals surface area contributed by atoms with Gasteiger partial charge in [-0.15, -0.1) is 0 Å². The molecule has 1 aliphatic rings. The number of amides is 1. The first kappa shape index (κ1) is 18.8. The molecule has 1 amide bonds. The van der Waals surface area contributed by atoms with Crippen molar-refractivity contribution >= 4 is 42.6 Å². The number of carbonyl (C=O) groups is 1. The van der Waals surface area contributed by atoms with Crippen LogP contribution >= 0.6 is 11.3 Å². The number of hydrogen-bond donors (Lipinski definition) is 0. The fraction of sp³-hybridized carbons (Fsp3) is 0.316. The first-order valence-electron chi connectivity index (χ1n) is 8.91. The third-order valence-electron chi connectivity index (χ3n) is 4.62. The van der Waals surface area contributed by atoms with Crippen LogP contribution < -0.4 is 4.90 Å². The summed E-state index contributed by atoms with van der Waals surface area (Å²) < 4.78 is 22.8. The molecule has 7 nitrogen and oxygen atoms in total. The molecular formula is C19H20N4O3S2. The summed E-state index contributed by atoms with van der Waals surface area (Å²) in [5.41, 5.74) is 2.17. The topological polar surface area (TPSA) is 83.5 Å². The highest BCUT2D eigenvalue weighted by Crippen LogP contribution is 2.27. The number of pyridine rings is 1. The van der Waals surface area contributed by atoms with Crippen LogP contribution in [0.4, 0.5) is 5.13 Å². The molecule has 0 bridgehead atoms. The molecule has 3 aromatic rings. The summed E-state index contributed by atoms with van der Waals surface area (Å²) in [5, 5.41) is 0.936. The molecule has 146 valence electrons. The standard InChI is InChI=1S/C19H20N4O3S2/c1-28(25,26)13-14-4-6-15(7-5-14)18(24)22-9-11-23(12-10-22)19-21-16-3-2-8-20-17(16)27-19/h2-8H,9-13H2,1H3. The van der Waals surface area contributed by atoms with Gasteiger partial charge >= 0.3 is 0 Å². The van der Waals surface area contributed by atoms with E-state index in [9.17, 15) is 13.2 Å². The van der Waals surface area contributed by atoms with Crippen LogP contribution in [-0.4, -0.2) is 61.6 Å². The largest absolute Gasteiger partial charge is 0.344 e. The molecule has 2 aromatic heterocycles. The Morgan fingerprint density at radius 2 is 1.82 bits per heavy atom. The third kappa shape index (κ3) is 4.15. The number of carbonyl (C=O) groups excluding carboxylic acids is 1. The van der Waals surface area contributed by atoms with Gasteiger partial charge in [-0.3, -0.25) is 4.79 Å². The Bertz CT molecular complexity index is 1070. The van der Waals surface area contributed by atoms with E-state index in [-0.39, 0.29) is 11.7 Å². The van der Waals surface area contributed by atoms with E-state index in [4.69, 9.17) is 0 Å². The van der Waals surface area contributed by atoms with E-state index < -0.39 is 9.84 Å². The fourth-order valence-electron chi connectivity index (χ4n) is 3.22. The lowest BCUT2D eigenvalue weighted by Crippen LogP contribution is -2.48. The number of rotatable bonds is 4. The predicted octanol–water partition coefficient (Wildman–Crippen LogP) is 2.20. The van der Waals surface area contributed by atoms with Crippen molar-refractivity contribution in [3.8, 4) is 0 Å². The van der Waals surface area contributed by atoms with E-state index in [1.54, 1.807) is 41.8 Å². The van der Waals surface area contributed by atoms with Gasteiger partial charge in [0.15, 0.2) is 15.0 Å². The lowest BCUT2D eigenvalue weighted by molar-refractivity contribution is 0.0747. The monoisotopic (exact) mass is 416 g/mol. The highest BCUT2D eigenvalue weighted by molar-refractivity contribution is 7.89. The Labute approximate surface area is 167 Å². The number of piperazine rings is 1. The highest BCUT2D eigenvalue weighted by Gasteiger charge is 2.24. The molecule has 0 saturated carbocycles. The number of hydrogen-bond acceptors (Lipinski definition) is 7. The van der Waals surface area contributed by atoms with Gasteiger partial charge in [-0.05, 0) is 29.8 Å². The Balaban J connectivity index is 1.39. The van der Waals surface area contributed by atoms with Crippen LogP contribution in [0.25, 0.3) is 10.3 Å². The summed E-state index contributed by atoms with van der Waals surface area (Å²) in [5.74, 6) is -0.0477. The van der Waals surface area contributed by atoms with E-state index in [0.717, 1.165) is 28.6 Å². The highest BCUT2D eigenvalue weighted by atomic mass is 32.2. The fourth-order valence-corrected chi connectivity index (χ4v) is 4.98. The van der Waals surface area contributed by atoms with Gasteiger partial charge in [-0.1, -0.05) is 23.5 Å². The van der Waals surface area contributed by atoms with Crippen molar-refractivity contribution in [3.05, 3.63) is 53.7 Å². The molecule has 1 fully saturated rings. The van der Waals surface area contributed by atoms with Crippen molar-refractivity contribution < 1.29 is 13.2 Å². The molecule has 4 rings (SSSR count). The van der Waals surface area contributed by atoms with Crippen molar-refractivity contribution in [1.29, 1.82) is 0 Å². The average molecular weight is 417 g/mol. The molecule has 0 unspecified atom stereocenters. The molecular weight excluding hydrogens is 396 g/mol. The van der Waals surface area contributed by atoms with Gasteiger partial charge in [0.25, 0.3) is 5.91 Å². The van der Waals surface area contributed by atoms with Crippen LogP contribution in [0.2, 0.25) is 0 Å². The smallest absolute Gasteiger partial charge is 0.253 e. The zero-order chi connectivity index (χ0) is 19.7. The van der Waals surface area contributed by atoms with Gasteiger partial charge in [0.2, 0.25) is 0 Å². The van der Waals surface area contributed by atoms with E-state index in [2.05, 4.69) is 14.9 Å². The molecule has 0 aliphatic carbocycles. The Kier molecular flexibility index (Phi) is 5.03.